The molecule has 2 aliphatic heterocycles. The lowest BCUT2D eigenvalue weighted by atomic mass is 9.92. The van der Waals surface area contributed by atoms with E-state index in [9.17, 15) is 18.0 Å². The number of carbonyl (C=O) groups excluding carboxylic acids is 1. The van der Waals surface area contributed by atoms with Crippen LogP contribution in [0.5, 0.6) is 11.5 Å². The molecule has 45 heavy (non-hydrogen) atoms. The number of aromatic amines is 1. The lowest BCUT2D eigenvalue weighted by Crippen LogP contribution is -2.45. The van der Waals surface area contributed by atoms with Crippen LogP contribution in [0, 0.1) is 0 Å². The Hall–Kier alpha value is -3.89. The number of aromatic nitrogens is 2. The Morgan fingerprint density at radius 3 is 2.51 bits per heavy atom. The average molecular weight is 620 g/mol. The third kappa shape index (κ3) is 6.72. The number of alkyl halides is 3. The molecule has 1 amide bonds. The smallest absolute Gasteiger partial charge is 0.416 e. The summed E-state index contributed by atoms with van der Waals surface area (Å²) in [7, 11) is 0. The van der Waals surface area contributed by atoms with E-state index in [-0.39, 0.29) is 30.5 Å². The molecule has 10 heteroatoms. The number of benzene rings is 2. The Kier molecular flexibility index (Phi) is 8.88. The molecule has 1 saturated heterocycles. The van der Waals surface area contributed by atoms with Gasteiger partial charge < -0.3 is 19.5 Å². The highest BCUT2D eigenvalue weighted by Crippen LogP contribution is 2.37. The second-order valence-electron chi connectivity index (χ2n) is 12.1. The van der Waals surface area contributed by atoms with E-state index >= 15 is 0 Å². The number of likely N-dealkylation sites (N-methyl/N-ethyl adjacent to an activating group) is 1. The van der Waals surface area contributed by atoms with Crippen molar-refractivity contribution in [1.29, 1.82) is 0 Å². The number of carbonyl (C=O) groups is 1. The molecule has 0 saturated carbocycles. The number of fused-ring (bicyclic) bond motifs is 2. The molecule has 0 aliphatic carbocycles. The van der Waals surface area contributed by atoms with Gasteiger partial charge in [-0.2, -0.15) is 13.2 Å². The minimum atomic E-state index is -4.49. The zero-order chi connectivity index (χ0) is 31.7. The molecule has 2 aromatic carbocycles. The van der Waals surface area contributed by atoms with Gasteiger partial charge in [0.2, 0.25) is 5.91 Å². The van der Waals surface area contributed by atoms with Gasteiger partial charge in [-0.15, -0.1) is 0 Å². The molecule has 1 fully saturated rings. The van der Waals surface area contributed by atoms with E-state index < -0.39 is 11.7 Å². The van der Waals surface area contributed by atoms with Crippen LogP contribution in [0.4, 0.5) is 13.2 Å². The van der Waals surface area contributed by atoms with Gasteiger partial charge in [-0.1, -0.05) is 32.0 Å². The standard InChI is InChI=1S/C35H40F3N5O2/c1-4-27-20-30-32(10-12-39-34(30)40-27)45-28-9-8-25-11-13-43(23(3)29(25)21-28)33(44)19-24-6-7-26(31(18-24)35(36,37)38)22-42-16-14-41(5-2)15-17-42/h6-10,12,18,20-21,23H,4-5,11,13-17,19,22H2,1-3H3,(H,39,40)/t23-/m0/s1. The first-order chi connectivity index (χ1) is 21.6. The number of aryl methyl sites for hydroxylation is 1. The lowest BCUT2D eigenvalue weighted by molar-refractivity contribution is -0.139. The number of H-pyrrole nitrogens is 1. The van der Waals surface area contributed by atoms with E-state index in [2.05, 4.69) is 33.6 Å². The topological polar surface area (TPSA) is 64.7 Å². The van der Waals surface area contributed by atoms with Crippen molar-refractivity contribution < 1.29 is 22.7 Å². The number of pyridine rings is 1. The molecule has 6 rings (SSSR count). The number of piperazine rings is 1. The number of halogens is 3. The van der Waals surface area contributed by atoms with Crippen molar-refractivity contribution in [2.75, 3.05) is 39.3 Å². The van der Waals surface area contributed by atoms with E-state index in [0.717, 1.165) is 67.0 Å². The number of nitrogens with zero attached hydrogens (tertiary/aromatic N) is 4. The molecule has 4 heterocycles. The van der Waals surface area contributed by atoms with Gasteiger partial charge in [0.15, 0.2) is 0 Å². The lowest BCUT2D eigenvalue weighted by Gasteiger charge is -2.36. The van der Waals surface area contributed by atoms with Crippen LogP contribution in [0.25, 0.3) is 11.0 Å². The summed E-state index contributed by atoms with van der Waals surface area (Å²) in [6.45, 7) is 11.0. The maximum atomic E-state index is 14.2. The molecule has 2 aliphatic rings. The van der Waals surface area contributed by atoms with Gasteiger partial charge in [0.25, 0.3) is 0 Å². The Balaban J connectivity index is 1.16. The predicted octanol–water partition coefficient (Wildman–Crippen LogP) is 6.76. The van der Waals surface area contributed by atoms with Crippen LogP contribution in [-0.4, -0.2) is 69.8 Å². The first kappa shape index (κ1) is 31.1. The van der Waals surface area contributed by atoms with Gasteiger partial charge in [0, 0.05) is 51.2 Å². The summed E-state index contributed by atoms with van der Waals surface area (Å²) in [5, 5.41) is 0.903. The second kappa shape index (κ2) is 12.8. The fourth-order valence-electron chi connectivity index (χ4n) is 6.58. The Morgan fingerprint density at radius 2 is 1.78 bits per heavy atom. The summed E-state index contributed by atoms with van der Waals surface area (Å²) in [5.74, 6) is 1.16. The average Bonchev–Trinajstić information content (AvgIpc) is 3.47. The normalized spacial score (nSPS) is 17.9. The summed E-state index contributed by atoms with van der Waals surface area (Å²) < 4.78 is 48.8. The van der Waals surface area contributed by atoms with Gasteiger partial charge in [-0.05, 0) is 78.9 Å². The summed E-state index contributed by atoms with van der Waals surface area (Å²) >= 11 is 0. The first-order valence-electron chi connectivity index (χ1n) is 15.8. The van der Waals surface area contributed by atoms with Gasteiger partial charge in [-0.25, -0.2) is 4.98 Å². The number of amides is 1. The van der Waals surface area contributed by atoms with E-state index in [0.29, 0.717) is 30.0 Å². The molecule has 2 aromatic heterocycles. The molecule has 7 nitrogen and oxygen atoms in total. The minimum Gasteiger partial charge on any atom is -0.457 e. The fraction of sp³-hybridized carbons (Fsp3) is 0.429. The number of hydrogen-bond donors (Lipinski definition) is 1. The Bertz CT molecular complexity index is 1680. The highest BCUT2D eigenvalue weighted by molar-refractivity contribution is 5.83. The molecule has 4 aromatic rings. The maximum absolute atomic E-state index is 14.2. The summed E-state index contributed by atoms with van der Waals surface area (Å²) in [6, 6.07) is 14.0. The molecular formula is C35H40F3N5O2. The molecule has 0 bridgehead atoms. The highest BCUT2D eigenvalue weighted by atomic mass is 19.4. The predicted molar refractivity (Wildman–Crippen MR) is 168 cm³/mol. The van der Waals surface area contributed by atoms with Crippen molar-refractivity contribution in [2.24, 2.45) is 0 Å². The molecule has 0 spiro atoms. The molecule has 1 atom stereocenters. The van der Waals surface area contributed by atoms with Gasteiger partial charge in [0.1, 0.15) is 17.1 Å². The first-order valence-corrected chi connectivity index (χ1v) is 15.8. The van der Waals surface area contributed by atoms with Crippen LogP contribution in [0.2, 0.25) is 0 Å². The third-order valence-corrected chi connectivity index (χ3v) is 9.27. The molecule has 1 N–H and O–H groups in total. The number of hydrogen-bond acceptors (Lipinski definition) is 5. The van der Waals surface area contributed by atoms with Gasteiger partial charge in [-0.3, -0.25) is 9.69 Å². The molecular weight excluding hydrogens is 579 g/mol. The minimum absolute atomic E-state index is 0.0867. The fourth-order valence-corrected chi connectivity index (χ4v) is 6.58. The summed E-state index contributed by atoms with van der Waals surface area (Å²) in [6.07, 6.45) is -1.35. The van der Waals surface area contributed by atoms with E-state index in [4.69, 9.17) is 4.74 Å². The van der Waals surface area contributed by atoms with Crippen molar-refractivity contribution >= 4 is 16.9 Å². The van der Waals surface area contributed by atoms with Gasteiger partial charge >= 0.3 is 6.18 Å². The molecule has 0 radical (unpaired) electrons. The maximum Gasteiger partial charge on any atom is 0.416 e. The quantitative estimate of drug-likeness (QED) is 0.236. The summed E-state index contributed by atoms with van der Waals surface area (Å²) in [5.41, 5.74) is 3.94. The monoisotopic (exact) mass is 619 g/mol. The van der Waals surface area contributed by atoms with E-state index in [1.807, 2.05) is 37.3 Å². The molecule has 0 unspecified atom stereocenters. The van der Waals surface area contributed by atoms with Crippen molar-refractivity contribution in [2.45, 2.75) is 58.8 Å². The Labute approximate surface area is 262 Å². The number of rotatable bonds is 8. The SMILES string of the molecule is CCc1cc2c(Oc3ccc4c(c3)[C@H](C)N(C(=O)Cc3ccc(CN5CCN(CC)CC5)c(C(F)(F)F)c3)CC4)ccnc2[nH]1. The zero-order valence-electron chi connectivity index (χ0n) is 26.1. The third-order valence-electron chi connectivity index (χ3n) is 9.27. The van der Waals surface area contributed by atoms with Crippen molar-refractivity contribution in [3.8, 4) is 11.5 Å². The van der Waals surface area contributed by atoms with Gasteiger partial charge in [0.05, 0.1) is 23.4 Å². The van der Waals surface area contributed by atoms with Crippen LogP contribution in [0.3, 0.4) is 0 Å². The Morgan fingerprint density at radius 1 is 1.00 bits per heavy atom. The van der Waals surface area contributed by atoms with Crippen molar-refractivity contribution in [3.63, 3.8) is 0 Å². The van der Waals surface area contributed by atoms with Crippen LogP contribution < -0.4 is 4.74 Å². The van der Waals surface area contributed by atoms with E-state index in [1.165, 1.54) is 6.07 Å². The van der Waals surface area contributed by atoms with Crippen LogP contribution in [0.1, 0.15) is 60.3 Å². The second-order valence-corrected chi connectivity index (χ2v) is 12.1. The number of nitrogens with one attached hydrogen (secondary N) is 1. The molecule has 238 valence electrons. The van der Waals surface area contributed by atoms with E-state index in [1.54, 1.807) is 23.2 Å². The van der Waals surface area contributed by atoms with Crippen LogP contribution in [-0.2, 0) is 36.8 Å². The van der Waals surface area contributed by atoms with Crippen molar-refractivity contribution in [3.05, 3.63) is 88.2 Å². The van der Waals surface area contributed by atoms with Crippen LogP contribution in [0.15, 0.2) is 54.7 Å². The van der Waals surface area contributed by atoms with Crippen LogP contribution >= 0.6 is 0 Å². The largest absolute Gasteiger partial charge is 0.457 e. The summed E-state index contributed by atoms with van der Waals surface area (Å²) in [4.78, 5) is 27.4. The number of ether oxygens (including phenoxy) is 1. The van der Waals surface area contributed by atoms with Crippen molar-refractivity contribution in [1.82, 2.24) is 24.7 Å². The highest BCUT2D eigenvalue weighted by Gasteiger charge is 2.35. The zero-order valence-corrected chi connectivity index (χ0v) is 26.1.